The van der Waals surface area contributed by atoms with Gasteiger partial charge in [0, 0.05) is 6.04 Å². The molecule has 0 unspecified atom stereocenters. The number of hydrogen-bond acceptors (Lipinski definition) is 2. The molecule has 1 rings (SSSR count). The fourth-order valence-corrected chi connectivity index (χ4v) is 1.30. The number of hydrogen-bond donors (Lipinski definition) is 1. The van der Waals surface area contributed by atoms with Gasteiger partial charge in [-0.3, -0.25) is 0 Å². The summed E-state index contributed by atoms with van der Waals surface area (Å²) in [6.45, 7) is 0.686. The van der Waals surface area contributed by atoms with E-state index in [0.29, 0.717) is 5.75 Å². The van der Waals surface area contributed by atoms with E-state index >= 15 is 0 Å². The van der Waals surface area contributed by atoms with Gasteiger partial charge in [-0.1, -0.05) is 12.1 Å². The van der Waals surface area contributed by atoms with Crippen molar-refractivity contribution in [2.24, 2.45) is 0 Å². The maximum Gasteiger partial charge on any atom is 0.401 e. The van der Waals surface area contributed by atoms with Gasteiger partial charge >= 0.3 is 6.18 Å². The van der Waals surface area contributed by atoms with E-state index in [0.717, 1.165) is 5.56 Å². The monoisotopic (exact) mass is 233 g/mol. The van der Waals surface area contributed by atoms with Crippen LogP contribution in [0.2, 0.25) is 0 Å². The van der Waals surface area contributed by atoms with Gasteiger partial charge in [0.1, 0.15) is 5.75 Å². The Morgan fingerprint density at radius 3 is 2.62 bits per heavy atom. The second-order valence-electron chi connectivity index (χ2n) is 3.49. The second-order valence-corrected chi connectivity index (χ2v) is 3.49. The van der Waals surface area contributed by atoms with Crippen LogP contribution in [0, 0.1) is 0 Å². The van der Waals surface area contributed by atoms with Crippen molar-refractivity contribution in [3.05, 3.63) is 29.8 Å². The van der Waals surface area contributed by atoms with Gasteiger partial charge in [-0.2, -0.15) is 13.2 Å². The van der Waals surface area contributed by atoms with Gasteiger partial charge in [-0.15, -0.1) is 0 Å². The minimum Gasteiger partial charge on any atom is -0.497 e. The molecule has 1 atom stereocenters. The van der Waals surface area contributed by atoms with E-state index in [-0.39, 0.29) is 6.04 Å². The van der Waals surface area contributed by atoms with E-state index in [9.17, 15) is 13.2 Å². The quantitative estimate of drug-likeness (QED) is 0.863. The Morgan fingerprint density at radius 1 is 1.38 bits per heavy atom. The fraction of sp³-hybridized carbons (Fsp3) is 0.455. The van der Waals surface area contributed by atoms with Gasteiger partial charge in [0.25, 0.3) is 0 Å². The van der Waals surface area contributed by atoms with E-state index in [1.807, 2.05) is 0 Å². The Hall–Kier alpha value is -1.23. The molecular formula is C11H14F3NO. The lowest BCUT2D eigenvalue weighted by atomic mass is 10.1. The first-order valence-corrected chi connectivity index (χ1v) is 4.86. The molecule has 0 spiro atoms. The molecule has 0 aliphatic rings. The average molecular weight is 233 g/mol. The number of halogens is 3. The van der Waals surface area contributed by atoms with E-state index in [2.05, 4.69) is 5.32 Å². The SMILES string of the molecule is COc1cccc([C@@H](C)NCC(F)(F)F)c1. The summed E-state index contributed by atoms with van der Waals surface area (Å²) in [6, 6.07) is 6.61. The zero-order valence-corrected chi connectivity index (χ0v) is 9.14. The average Bonchev–Trinajstić information content (AvgIpc) is 2.25. The highest BCUT2D eigenvalue weighted by molar-refractivity contribution is 5.30. The summed E-state index contributed by atoms with van der Waals surface area (Å²) in [7, 11) is 1.52. The van der Waals surface area contributed by atoms with Crippen molar-refractivity contribution < 1.29 is 17.9 Å². The fourth-order valence-electron chi connectivity index (χ4n) is 1.30. The minimum absolute atomic E-state index is 0.364. The number of benzene rings is 1. The Morgan fingerprint density at radius 2 is 2.06 bits per heavy atom. The molecule has 1 N–H and O–H groups in total. The molecule has 0 aliphatic heterocycles. The minimum atomic E-state index is -4.19. The summed E-state index contributed by atoms with van der Waals surface area (Å²) in [6.07, 6.45) is -4.19. The highest BCUT2D eigenvalue weighted by Crippen LogP contribution is 2.20. The van der Waals surface area contributed by atoms with Gasteiger partial charge in [-0.25, -0.2) is 0 Å². The molecule has 0 saturated carbocycles. The molecule has 2 nitrogen and oxygen atoms in total. The zero-order chi connectivity index (χ0) is 12.2. The molecule has 0 amide bonds. The van der Waals surface area contributed by atoms with E-state index < -0.39 is 12.7 Å². The molecule has 0 fully saturated rings. The highest BCUT2D eigenvalue weighted by Gasteiger charge is 2.27. The summed E-state index contributed by atoms with van der Waals surface area (Å²) < 4.78 is 41.0. The maximum atomic E-state index is 12.0. The normalized spacial score (nSPS) is 13.6. The van der Waals surface area contributed by atoms with E-state index in [1.54, 1.807) is 31.2 Å². The lowest BCUT2D eigenvalue weighted by Crippen LogP contribution is -2.30. The van der Waals surface area contributed by atoms with Crippen molar-refractivity contribution in [1.82, 2.24) is 5.32 Å². The molecule has 0 saturated heterocycles. The summed E-state index contributed by atoms with van der Waals surface area (Å²) >= 11 is 0. The van der Waals surface area contributed by atoms with Gasteiger partial charge in [-0.05, 0) is 24.6 Å². The molecule has 0 bridgehead atoms. The van der Waals surface area contributed by atoms with Crippen molar-refractivity contribution in [1.29, 1.82) is 0 Å². The summed E-state index contributed by atoms with van der Waals surface area (Å²) in [5, 5.41) is 2.41. The summed E-state index contributed by atoms with van der Waals surface area (Å²) in [4.78, 5) is 0. The number of alkyl halides is 3. The summed E-state index contributed by atoms with van der Waals surface area (Å²) in [5.41, 5.74) is 0.767. The zero-order valence-electron chi connectivity index (χ0n) is 9.14. The van der Waals surface area contributed by atoms with Crippen molar-refractivity contribution in [2.45, 2.75) is 19.1 Å². The molecule has 5 heteroatoms. The Kier molecular flexibility index (Phi) is 4.18. The van der Waals surface area contributed by atoms with Gasteiger partial charge in [0.2, 0.25) is 0 Å². The molecule has 0 aliphatic carbocycles. The predicted octanol–water partition coefficient (Wildman–Crippen LogP) is 2.91. The largest absolute Gasteiger partial charge is 0.497 e. The van der Waals surface area contributed by atoms with Crippen LogP contribution in [-0.4, -0.2) is 19.8 Å². The number of rotatable bonds is 4. The standard InChI is InChI=1S/C11H14F3NO/c1-8(15-7-11(12,13)14)9-4-3-5-10(6-9)16-2/h3-6,8,15H,7H2,1-2H3/t8-/m1/s1. The molecule has 0 aromatic heterocycles. The van der Waals surface area contributed by atoms with Crippen molar-refractivity contribution >= 4 is 0 Å². The van der Waals surface area contributed by atoms with E-state index in [4.69, 9.17) is 4.74 Å². The van der Waals surface area contributed by atoms with E-state index in [1.165, 1.54) is 7.11 Å². The lowest BCUT2D eigenvalue weighted by Gasteiger charge is -2.16. The van der Waals surface area contributed by atoms with Crippen LogP contribution in [0.15, 0.2) is 24.3 Å². The van der Waals surface area contributed by atoms with Crippen LogP contribution >= 0.6 is 0 Å². The van der Waals surface area contributed by atoms with Crippen molar-refractivity contribution in [3.8, 4) is 5.75 Å². The lowest BCUT2D eigenvalue weighted by molar-refractivity contribution is -0.126. The maximum absolute atomic E-state index is 12.0. The van der Waals surface area contributed by atoms with Crippen LogP contribution in [0.1, 0.15) is 18.5 Å². The summed E-state index contributed by atoms with van der Waals surface area (Å²) in [5.74, 6) is 0.637. The first kappa shape index (κ1) is 12.8. The molecule has 0 heterocycles. The highest BCUT2D eigenvalue weighted by atomic mass is 19.4. The van der Waals surface area contributed by atoms with Crippen molar-refractivity contribution in [2.75, 3.05) is 13.7 Å². The van der Waals surface area contributed by atoms with Gasteiger partial charge in [0.05, 0.1) is 13.7 Å². The third-order valence-corrected chi connectivity index (χ3v) is 2.20. The predicted molar refractivity (Wildman–Crippen MR) is 55.5 cm³/mol. The topological polar surface area (TPSA) is 21.3 Å². The van der Waals surface area contributed by atoms with Crippen LogP contribution in [-0.2, 0) is 0 Å². The molecule has 0 radical (unpaired) electrons. The van der Waals surface area contributed by atoms with Crippen LogP contribution in [0.3, 0.4) is 0 Å². The van der Waals surface area contributed by atoms with Gasteiger partial charge in [0.15, 0.2) is 0 Å². The number of nitrogens with one attached hydrogen (secondary N) is 1. The first-order valence-electron chi connectivity index (χ1n) is 4.86. The Bertz CT molecular complexity index is 338. The molecular weight excluding hydrogens is 219 g/mol. The van der Waals surface area contributed by atoms with Gasteiger partial charge < -0.3 is 10.1 Å². The molecule has 16 heavy (non-hydrogen) atoms. The number of ether oxygens (including phenoxy) is 1. The van der Waals surface area contributed by atoms with Crippen molar-refractivity contribution in [3.63, 3.8) is 0 Å². The smallest absolute Gasteiger partial charge is 0.401 e. The van der Waals surface area contributed by atoms with Crippen LogP contribution in [0.25, 0.3) is 0 Å². The first-order chi connectivity index (χ1) is 7.42. The second kappa shape index (κ2) is 5.21. The molecule has 1 aromatic rings. The molecule has 1 aromatic carbocycles. The Labute approximate surface area is 92.4 Å². The van der Waals surface area contributed by atoms with Crippen LogP contribution in [0.4, 0.5) is 13.2 Å². The van der Waals surface area contributed by atoms with Crippen LogP contribution in [0.5, 0.6) is 5.75 Å². The number of methoxy groups -OCH3 is 1. The molecule has 90 valence electrons. The van der Waals surface area contributed by atoms with Crippen LogP contribution < -0.4 is 10.1 Å². The Balaban J connectivity index is 2.62. The third kappa shape index (κ3) is 4.10. The third-order valence-electron chi connectivity index (χ3n) is 2.20.